The van der Waals surface area contributed by atoms with Gasteiger partial charge in [0.25, 0.3) is 0 Å². The van der Waals surface area contributed by atoms with Gasteiger partial charge in [0.15, 0.2) is 11.5 Å². The number of methoxy groups -OCH3 is 1. The van der Waals surface area contributed by atoms with Crippen LogP contribution in [0.5, 0.6) is 11.5 Å². The molecule has 0 saturated heterocycles. The number of rotatable bonds is 4. The van der Waals surface area contributed by atoms with Crippen LogP contribution in [0.2, 0.25) is 5.02 Å². The Balaban J connectivity index is 2.67. The number of aromatic nitrogens is 1. The number of benzene rings is 1. The third-order valence-corrected chi connectivity index (χ3v) is 3.29. The van der Waals surface area contributed by atoms with Gasteiger partial charge in [-0.15, -0.1) is 0 Å². The van der Waals surface area contributed by atoms with Gasteiger partial charge in [-0.05, 0) is 18.1 Å². The maximum atomic E-state index is 10.8. The molecule has 6 nitrogen and oxygen atoms in total. The number of hydrogen-bond donors (Lipinski definition) is 2. The molecule has 0 unspecified atom stereocenters. The van der Waals surface area contributed by atoms with E-state index >= 15 is 0 Å². The predicted octanol–water partition coefficient (Wildman–Crippen LogP) is 2.97. The Labute approximate surface area is 119 Å². The minimum absolute atomic E-state index is 0.138. The van der Waals surface area contributed by atoms with Crippen LogP contribution in [0.1, 0.15) is 23.0 Å². The Kier molecular flexibility index (Phi) is 3.85. The molecule has 1 aromatic heterocycles. The van der Waals surface area contributed by atoms with Crippen LogP contribution in [-0.2, 0) is 6.42 Å². The van der Waals surface area contributed by atoms with Gasteiger partial charge >= 0.3 is 5.97 Å². The Hall–Kier alpha value is -2.21. The van der Waals surface area contributed by atoms with Crippen molar-refractivity contribution < 1.29 is 24.3 Å². The SMILES string of the molecule is CCc1cc(OC)c(O)c(-c2cc(C(=O)O)on2)c1Cl. The van der Waals surface area contributed by atoms with Crippen molar-refractivity contribution in [2.75, 3.05) is 7.11 Å². The van der Waals surface area contributed by atoms with E-state index in [2.05, 4.69) is 9.68 Å². The fourth-order valence-electron chi connectivity index (χ4n) is 1.82. The summed E-state index contributed by atoms with van der Waals surface area (Å²) in [5.74, 6) is -1.56. The summed E-state index contributed by atoms with van der Waals surface area (Å²) in [6.45, 7) is 1.90. The van der Waals surface area contributed by atoms with Crippen LogP contribution in [0.3, 0.4) is 0 Å². The van der Waals surface area contributed by atoms with Crippen LogP contribution in [-0.4, -0.2) is 28.4 Å². The lowest BCUT2D eigenvalue weighted by molar-refractivity contribution is 0.0652. The maximum absolute atomic E-state index is 10.8. The molecule has 0 saturated carbocycles. The molecule has 1 heterocycles. The largest absolute Gasteiger partial charge is 0.504 e. The zero-order chi connectivity index (χ0) is 14.9. The van der Waals surface area contributed by atoms with Gasteiger partial charge in [0.1, 0.15) is 5.69 Å². The van der Waals surface area contributed by atoms with Gasteiger partial charge in [-0.2, -0.15) is 0 Å². The summed E-state index contributed by atoms with van der Waals surface area (Å²) in [6, 6.07) is 2.82. The van der Waals surface area contributed by atoms with Crippen LogP contribution in [0.25, 0.3) is 11.3 Å². The lowest BCUT2D eigenvalue weighted by Crippen LogP contribution is -1.93. The highest BCUT2D eigenvalue weighted by Gasteiger charge is 2.22. The number of hydrogen-bond acceptors (Lipinski definition) is 5. The van der Waals surface area contributed by atoms with Gasteiger partial charge < -0.3 is 19.5 Å². The van der Waals surface area contributed by atoms with Crippen molar-refractivity contribution in [3.8, 4) is 22.8 Å². The van der Waals surface area contributed by atoms with Crippen LogP contribution in [0.4, 0.5) is 0 Å². The van der Waals surface area contributed by atoms with Crippen molar-refractivity contribution in [1.29, 1.82) is 0 Å². The highest BCUT2D eigenvalue weighted by atomic mass is 35.5. The normalized spacial score (nSPS) is 10.6. The molecule has 20 heavy (non-hydrogen) atoms. The minimum atomic E-state index is -1.25. The fraction of sp³-hybridized carbons (Fsp3) is 0.231. The van der Waals surface area contributed by atoms with Crippen molar-refractivity contribution in [3.05, 3.63) is 28.5 Å². The van der Waals surface area contributed by atoms with Gasteiger partial charge in [-0.25, -0.2) is 4.79 Å². The van der Waals surface area contributed by atoms with Crippen molar-refractivity contribution in [3.63, 3.8) is 0 Å². The molecule has 1 aromatic carbocycles. The van der Waals surface area contributed by atoms with Crippen LogP contribution < -0.4 is 4.74 Å². The number of ether oxygens (including phenoxy) is 1. The lowest BCUT2D eigenvalue weighted by Gasteiger charge is -2.12. The number of halogens is 1. The van der Waals surface area contributed by atoms with Crippen LogP contribution in [0, 0.1) is 0 Å². The molecular formula is C13H12ClNO5. The minimum Gasteiger partial charge on any atom is -0.504 e. The average Bonchev–Trinajstić information content (AvgIpc) is 2.89. The fourth-order valence-corrected chi connectivity index (χ4v) is 2.19. The molecule has 7 heteroatoms. The Morgan fingerprint density at radius 1 is 1.50 bits per heavy atom. The van der Waals surface area contributed by atoms with Gasteiger partial charge in [-0.1, -0.05) is 23.7 Å². The van der Waals surface area contributed by atoms with Crippen molar-refractivity contribution in [2.45, 2.75) is 13.3 Å². The molecule has 2 N–H and O–H groups in total. The third-order valence-electron chi connectivity index (χ3n) is 2.85. The van der Waals surface area contributed by atoms with E-state index in [0.29, 0.717) is 6.42 Å². The number of carboxylic acid groups (broad SMARTS) is 1. The van der Waals surface area contributed by atoms with E-state index in [9.17, 15) is 9.90 Å². The van der Waals surface area contributed by atoms with E-state index in [0.717, 1.165) is 5.56 Å². The molecule has 2 aromatic rings. The van der Waals surface area contributed by atoms with Crippen LogP contribution in [0.15, 0.2) is 16.7 Å². The standard InChI is InChI=1S/C13H12ClNO5/c1-3-6-4-8(19-2)12(16)10(11(6)14)7-5-9(13(17)18)20-15-7/h4-5,16H,3H2,1-2H3,(H,17,18). The number of carbonyl (C=O) groups is 1. The zero-order valence-electron chi connectivity index (χ0n) is 10.8. The molecular weight excluding hydrogens is 286 g/mol. The molecule has 0 fully saturated rings. The van der Waals surface area contributed by atoms with Gasteiger partial charge in [0, 0.05) is 6.07 Å². The molecule has 0 radical (unpaired) electrons. The topological polar surface area (TPSA) is 92.8 Å². The number of aromatic carboxylic acids is 1. The number of carboxylic acids is 1. The molecule has 0 aliphatic rings. The average molecular weight is 298 g/mol. The molecule has 2 rings (SSSR count). The summed E-state index contributed by atoms with van der Waals surface area (Å²) < 4.78 is 9.75. The second-order valence-electron chi connectivity index (χ2n) is 4.01. The van der Waals surface area contributed by atoms with Crippen LogP contribution >= 0.6 is 11.6 Å². The summed E-state index contributed by atoms with van der Waals surface area (Å²) in [5, 5.41) is 22.9. The van der Waals surface area contributed by atoms with Gasteiger partial charge in [0.05, 0.1) is 17.7 Å². The van der Waals surface area contributed by atoms with E-state index in [-0.39, 0.29) is 33.5 Å². The molecule has 0 atom stereocenters. The summed E-state index contributed by atoms with van der Waals surface area (Å²) in [5.41, 5.74) is 1.08. The van der Waals surface area contributed by atoms with E-state index in [4.69, 9.17) is 21.4 Å². The van der Waals surface area contributed by atoms with Crippen molar-refractivity contribution >= 4 is 17.6 Å². The highest BCUT2D eigenvalue weighted by Crippen LogP contribution is 2.44. The summed E-state index contributed by atoms with van der Waals surface area (Å²) in [7, 11) is 1.41. The molecule has 0 aliphatic heterocycles. The molecule has 0 spiro atoms. The highest BCUT2D eigenvalue weighted by molar-refractivity contribution is 6.34. The predicted molar refractivity (Wildman–Crippen MR) is 71.5 cm³/mol. The summed E-state index contributed by atoms with van der Waals surface area (Å²) in [6.07, 6.45) is 0.617. The Morgan fingerprint density at radius 3 is 2.70 bits per heavy atom. The first kappa shape index (κ1) is 14.2. The van der Waals surface area contributed by atoms with Gasteiger partial charge in [-0.3, -0.25) is 0 Å². The molecule has 106 valence electrons. The quantitative estimate of drug-likeness (QED) is 0.901. The molecule has 0 bridgehead atoms. The lowest BCUT2D eigenvalue weighted by atomic mass is 10.0. The van der Waals surface area contributed by atoms with Crippen molar-refractivity contribution in [2.24, 2.45) is 0 Å². The number of phenols is 1. The first-order valence-electron chi connectivity index (χ1n) is 5.78. The van der Waals surface area contributed by atoms with E-state index in [1.165, 1.54) is 13.2 Å². The van der Waals surface area contributed by atoms with Crippen molar-refractivity contribution in [1.82, 2.24) is 5.16 Å². The number of aryl methyl sites for hydroxylation is 1. The Bertz CT molecular complexity index is 637. The monoisotopic (exact) mass is 297 g/mol. The molecule has 0 aliphatic carbocycles. The molecule has 0 amide bonds. The summed E-state index contributed by atoms with van der Waals surface area (Å²) in [4.78, 5) is 10.8. The maximum Gasteiger partial charge on any atom is 0.374 e. The first-order valence-corrected chi connectivity index (χ1v) is 6.16. The van der Waals surface area contributed by atoms with Gasteiger partial charge in [0.2, 0.25) is 5.76 Å². The summed E-state index contributed by atoms with van der Waals surface area (Å²) >= 11 is 6.22. The van der Waals surface area contributed by atoms with E-state index < -0.39 is 5.97 Å². The number of aromatic hydroxyl groups is 1. The third kappa shape index (κ3) is 2.30. The number of nitrogens with zero attached hydrogens (tertiary/aromatic N) is 1. The number of phenolic OH excluding ortho intramolecular Hbond substituents is 1. The second kappa shape index (κ2) is 5.42. The zero-order valence-corrected chi connectivity index (χ0v) is 11.6. The second-order valence-corrected chi connectivity index (χ2v) is 4.39. The van der Waals surface area contributed by atoms with E-state index in [1.807, 2.05) is 6.92 Å². The van der Waals surface area contributed by atoms with E-state index in [1.54, 1.807) is 6.07 Å². The smallest absolute Gasteiger partial charge is 0.374 e. The first-order chi connectivity index (χ1) is 9.49. The Morgan fingerprint density at radius 2 is 2.20 bits per heavy atom.